The average molecular weight is 765 g/mol. The summed E-state index contributed by atoms with van der Waals surface area (Å²) in [6.45, 7) is 5.42. The summed E-state index contributed by atoms with van der Waals surface area (Å²) < 4.78 is 11.2. The molecule has 0 aromatic rings. The van der Waals surface area contributed by atoms with Crippen molar-refractivity contribution in [2.75, 3.05) is 19.8 Å². The highest BCUT2D eigenvalue weighted by atomic mass is 16.6. The van der Waals surface area contributed by atoms with Gasteiger partial charge in [0.05, 0.1) is 13.2 Å². The van der Waals surface area contributed by atoms with Gasteiger partial charge in [0.2, 0.25) is 0 Å². The van der Waals surface area contributed by atoms with Crippen LogP contribution in [0.5, 0.6) is 0 Å². The molecule has 1 unspecified atom stereocenters. The Morgan fingerprint density at radius 2 is 0.611 bits per heavy atom. The Bertz CT molecular complexity index is 682. The van der Waals surface area contributed by atoms with Gasteiger partial charge in [0, 0.05) is 13.0 Å². The van der Waals surface area contributed by atoms with Gasteiger partial charge < -0.3 is 14.6 Å². The van der Waals surface area contributed by atoms with Gasteiger partial charge in [0.15, 0.2) is 0 Å². The second-order valence-corrected chi connectivity index (χ2v) is 17.3. The van der Waals surface area contributed by atoms with Crippen molar-refractivity contribution in [2.24, 2.45) is 0 Å². The smallest absolute Gasteiger partial charge is 0.306 e. The predicted octanol–water partition coefficient (Wildman–Crippen LogP) is 16.7. The van der Waals surface area contributed by atoms with Gasteiger partial charge in [-0.3, -0.25) is 4.79 Å². The van der Waals surface area contributed by atoms with E-state index in [-0.39, 0.29) is 12.6 Å². The highest BCUT2D eigenvalue weighted by molar-refractivity contribution is 5.69. The molecule has 0 heterocycles. The molecule has 0 aliphatic carbocycles. The lowest BCUT2D eigenvalue weighted by atomic mass is 10.0. The molecule has 0 saturated carbocycles. The van der Waals surface area contributed by atoms with Crippen LogP contribution in [-0.2, 0) is 14.3 Å². The topological polar surface area (TPSA) is 55.8 Å². The van der Waals surface area contributed by atoms with Crippen LogP contribution in [0.1, 0.15) is 290 Å². The van der Waals surface area contributed by atoms with Gasteiger partial charge in [0.1, 0.15) is 6.10 Å². The van der Waals surface area contributed by atoms with Crippen LogP contribution in [0.25, 0.3) is 0 Å². The minimum atomic E-state index is -0.525. The summed E-state index contributed by atoms with van der Waals surface area (Å²) in [6, 6.07) is 0. The third kappa shape index (κ3) is 45.8. The zero-order chi connectivity index (χ0) is 39.1. The maximum absolute atomic E-state index is 12.2. The molecular formula is C50H100O4. The minimum Gasteiger partial charge on any atom is -0.457 e. The number of aliphatic hydroxyl groups is 1. The summed E-state index contributed by atoms with van der Waals surface area (Å²) in [5.74, 6) is -0.191. The first kappa shape index (κ1) is 53.4. The van der Waals surface area contributed by atoms with Gasteiger partial charge in [-0.15, -0.1) is 0 Å². The summed E-state index contributed by atoms with van der Waals surface area (Å²) >= 11 is 0. The Balaban J connectivity index is 3.31. The van der Waals surface area contributed by atoms with E-state index in [0.717, 1.165) is 19.3 Å². The zero-order valence-electron chi connectivity index (χ0n) is 37.3. The molecule has 0 saturated heterocycles. The number of ether oxygens (including phenoxy) is 2. The van der Waals surface area contributed by atoms with Crippen LogP contribution in [0.4, 0.5) is 0 Å². The van der Waals surface area contributed by atoms with Crippen LogP contribution < -0.4 is 0 Å². The number of carbonyl (C=O) groups excluding carboxylic acids is 1. The van der Waals surface area contributed by atoms with Crippen LogP contribution in [0.3, 0.4) is 0 Å². The molecule has 0 radical (unpaired) electrons. The molecule has 54 heavy (non-hydrogen) atoms. The standard InChI is InChI=1S/C50H100O4/c1-3-5-7-9-11-13-15-17-19-21-22-23-24-25-26-27-28-30-32-34-36-38-40-42-44-46-53-48-49(47-51)54-50(52)45-43-41-39-37-35-33-31-29-20-18-16-14-12-10-8-6-4-2/h49,51H,3-48H2,1-2H3. The average Bonchev–Trinajstić information content (AvgIpc) is 3.18. The number of unbranched alkanes of at least 4 members (excludes halogenated alkanes) is 40. The number of hydrogen-bond donors (Lipinski definition) is 1. The molecule has 1 atom stereocenters. The largest absolute Gasteiger partial charge is 0.457 e. The zero-order valence-corrected chi connectivity index (χ0v) is 37.3. The lowest BCUT2D eigenvalue weighted by Crippen LogP contribution is -2.27. The monoisotopic (exact) mass is 765 g/mol. The van der Waals surface area contributed by atoms with Gasteiger partial charge >= 0.3 is 5.97 Å². The van der Waals surface area contributed by atoms with Crippen molar-refractivity contribution in [2.45, 2.75) is 296 Å². The molecule has 0 rings (SSSR count). The van der Waals surface area contributed by atoms with Crippen LogP contribution >= 0.6 is 0 Å². The molecule has 0 aliphatic heterocycles. The number of carbonyl (C=O) groups is 1. The van der Waals surface area contributed by atoms with Gasteiger partial charge in [-0.05, 0) is 12.8 Å². The van der Waals surface area contributed by atoms with E-state index in [9.17, 15) is 9.90 Å². The Kier molecular flexibility index (Phi) is 48.0. The van der Waals surface area contributed by atoms with Gasteiger partial charge in [-0.2, -0.15) is 0 Å². The van der Waals surface area contributed by atoms with Crippen molar-refractivity contribution < 1.29 is 19.4 Å². The van der Waals surface area contributed by atoms with Gasteiger partial charge in [0.25, 0.3) is 0 Å². The number of aliphatic hydroxyl groups excluding tert-OH is 1. The molecule has 0 spiro atoms. The summed E-state index contributed by atoms with van der Waals surface area (Å²) in [7, 11) is 0. The van der Waals surface area contributed by atoms with E-state index in [2.05, 4.69) is 13.8 Å². The van der Waals surface area contributed by atoms with E-state index in [1.54, 1.807) is 0 Å². The van der Waals surface area contributed by atoms with Crippen molar-refractivity contribution in [1.29, 1.82) is 0 Å². The van der Waals surface area contributed by atoms with Crippen molar-refractivity contribution in [1.82, 2.24) is 0 Å². The third-order valence-electron chi connectivity index (χ3n) is 11.7. The fourth-order valence-corrected chi connectivity index (χ4v) is 7.92. The molecule has 0 fully saturated rings. The SMILES string of the molecule is CCCCCCCCCCCCCCCCCCCCCCCCCCCOCC(CO)OC(=O)CCCCCCCCCCCCCCCCCCC. The van der Waals surface area contributed by atoms with Crippen LogP contribution in [-0.4, -0.2) is 37.0 Å². The maximum Gasteiger partial charge on any atom is 0.306 e. The first-order valence-corrected chi connectivity index (χ1v) is 25.1. The normalized spacial score (nSPS) is 12.1. The summed E-state index contributed by atoms with van der Waals surface area (Å²) in [4.78, 5) is 12.2. The molecule has 4 nitrogen and oxygen atoms in total. The van der Waals surface area contributed by atoms with Crippen LogP contribution in [0, 0.1) is 0 Å². The Morgan fingerprint density at radius 3 is 0.870 bits per heavy atom. The first-order chi connectivity index (χ1) is 26.7. The highest BCUT2D eigenvalue weighted by Crippen LogP contribution is 2.17. The summed E-state index contributed by atoms with van der Waals surface area (Å²) in [6.07, 6.45) is 57.7. The molecule has 0 amide bonds. The lowest BCUT2D eigenvalue weighted by Gasteiger charge is -2.16. The molecule has 0 bridgehead atoms. The highest BCUT2D eigenvalue weighted by Gasteiger charge is 2.13. The van der Waals surface area contributed by atoms with E-state index >= 15 is 0 Å². The van der Waals surface area contributed by atoms with Gasteiger partial charge in [-0.1, -0.05) is 271 Å². The predicted molar refractivity (Wildman–Crippen MR) is 238 cm³/mol. The Labute approximate surface area is 340 Å². The van der Waals surface area contributed by atoms with E-state index in [1.807, 2.05) is 0 Å². The third-order valence-corrected chi connectivity index (χ3v) is 11.7. The van der Waals surface area contributed by atoms with E-state index in [4.69, 9.17) is 9.47 Å². The molecule has 0 aromatic heterocycles. The molecule has 324 valence electrons. The minimum absolute atomic E-state index is 0.162. The van der Waals surface area contributed by atoms with Crippen LogP contribution in [0.2, 0.25) is 0 Å². The van der Waals surface area contributed by atoms with Crippen molar-refractivity contribution >= 4 is 5.97 Å². The van der Waals surface area contributed by atoms with Crippen molar-refractivity contribution in [3.05, 3.63) is 0 Å². The second-order valence-electron chi connectivity index (χ2n) is 17.3. The fourth-order valence-electron chi connectivity index (χ4n) is 7.92. The fraction of sp³-hybridized carbons (Fsp3) is 0.980. The van der Waals surface area contributed by atoms with E-state index in [0.29, 0.717) is 19.6 Å². The number of hydrogen-bond acceptors (Lipinski definition) is 4. The van der Waals surface area contributed by atoms with Gasteiger partial charge in [-0.25, -0.2) is 0 Å². The quantitative estimate of drug-likeness (QED) is 0.0495. The van der Waals surface area contributed by atoms with Crippen molar-refractivity contribution in [3.63, 3.8) is 0 Å². The van der Waals surface area contributed by atoms with Crippen molar-refractivity contribution in [3.8, 4) is 0 Å². The molecule has 1 N–H and O–H groups in total. The summed E-state index contributed by atoms with van der Waals surface area (Å²) in [5, 5.41) is 9.64. The number of rotatable bonds is 48. The van der Waals surface area contributed by atoms with E-state index < -0.39 is 6.10 Å². The second kappa shape index (κ2) is 48.5. The number of esters is 1. The molecule has 0 aliphatic rings. The molecule has 4 heteroatoms. The maximum atomic E-state index is 12.2. The Morgan fingerprint density at radius 1 is 0.370 bits per heavy atom. The lowest BCUT2D eigenvalue weighted by molar-refractivity contribution is -0.154. The van der Waals surface area contributed by atoms with E-state index in [1.165, 1.54) is 250 Å². The first-order valence-electron chi connectivity index (χ1n) is 25.1. The van der Waals surface area contributed by atoms with Crippen LogP contribution in [0.15, 0.2) is 0 Å². The molecular weight excluding hydrogens is 665 g/mol. The Hall–Kier alpha value is -0.610. The summed E-state index contributed by atoms with van der Waals surface area (Å²) in [5.41, 5.74) is 0. The molecule has 0 aromatic carbocycles.